The molecule has 2 aromatic carbocycles. The van der Waals surface area contributed by atoms with E-state index in [4.69, 9.17) is 4.74 Å². The summed E-state index contributed by atoms with van der Waals surface area (Å²) in [4.78, 5) is 26.4. The fourth-order valence-corrected chi connectivity index (χ4v) is 3.13. The van der Waals surface area contributed by atoms with Gasteiger partial charge in [0.1, 0.15) is 11.6 Å². The summed E-state index contributed by atoms with van der Waals surface area (Å²) in [5.41, 5.74) is 3.82. The Balaban J connectivity index is 1.77. The van der Waals surface area contributed by atoms with Crippen LogP contribution in [0.2, 0.25) is 0 Å². The van der Waals surface area contributed by atoms with Gasteiger partial charge < -0.3 is 9.64 Å². The molecule has 2 aromatic rings. The minimum absolute atomic E-state index is 0.0677. The third-order valence-corrected chi connectivity index (χ3v) is 5.00. The number of halogens is 1. The quantitative estimate of drug-likeness (QED) is 0.617. The highest BCUT2D eigenvalue weighted by Gasteiger charge is 2.37. The van der Waals surface area contributed by atoms with Crippen molar-refractivity contribution < 1.29 is 18.7 Å². The van der Waals surface area contributed by atoms with E-state index in [-0.39, 0.29) is 24.7 Å². The highest BCUT2D eigenvalue weighted by molar-refractivity contribution is 5.99. The number of ether oxygens (including phenoxy) is 1. The molecule has 1 unspecified atom stereocenters. The Hall–Kier alpha value is -2.69. The van der Waals surface area contributed by atoms with Gasteiger partial charge in [-0.15, -0.1) is 0 Å². The predicted molar refractivity (Wildman–Crippen MR) is 97.9 cm³/mol. The third kappa shape index (κ3) is 3.34. The third-order valence-electron chi connectivity index (χ3n) is 5.00. The van der Waals surface area contributed by atoms with Crippen LogP contribution in [0.5, 0.6) is 5.75 Å². The Bertz CT molecular complexity index is 891. The lowest BCUT2D eigenvalue weighted by Gasteiger charge is -2.18. The zero-order chi connectivity index (χ0) is 19.0. The van der Waals surface area contributed by atoms with Gasteiger partial charge in [-0.25, -0.2) is 4.39 Å². The number of nitrogens with zero attached hydrogens (tertiary/aromatic N) is 1. The van der Waals surface area contributed by atoms with Gasteiger partial charge in [-0.05, 0) is 62.1 Å². The Labute approximate surface area is 152 Å². The van der Waals surface area contributed by atoms with Gasteiger partial charge in [0.25, 0.3) is 0 Å². The van der Waals surface area contributed by atoms with Gasteiger partial charge in [-0.2, -0.15) is 0 Å². The smallest absolute Gasteiger partial charge is 0.316 e. The second-order valence-corrected chi connectivity index (χ2v) is 6.91. The number of aryl methyl sites for hydroxylation is 3. The van der Waals surface area contributed by atoms with Crippen LogP contribution in [0.1, 0.15) is 28.7 Å². The Kier molecular flexibility index (Phi) is 4.81. The van der Waals surface area contributed by atoms with E-state index < -0.39 is 11.9 Å². The van der Waals surface area contributed by atoms with Gasteiger partial charge >= 0.3 is 5.97 Å². The summed E-state index contributed by atoms with van der Waals surface area (Å²) in [7, 11) is 0. The van der Waals surface area contributed by atoms with E-state index >= 15 is 0 Å². The maximum Gasteiger partial charge on any atom is 0.316 e. The van der Waals surface area contributed by atoms with Crippen LogP contribution >= 0.6 is 0 Å². The van der Waals surface area contributed by atoms with Crippen molar-refractivity contribution >= 4 is 17.6 Å². The Morgan fingerprint density at radius 1 is 1.08 bits per heavy atom. The molecule has 0 aromatic heterocycles. The lowest BCUT2D eigenvalue weighted by molar-refractivity contribution is -0.139. The van der Waals surface area contributed by atoms with Gasteiger partial charge in [-0.1, -0.05) is 18.2 Å². The normalized spacial score (nSPS) is 16.9. The zero-order valence-corrected chi connectivity index (χ0v) is 15.4. The Morgan fingerprint density at radius 2 is 1.73 bits per heavy atom. The summed E-state index contributed by atoms with van der Waals surface area (Å²) >= 11 is 0. The first-order valence-corrected chi connectivity index (χ1v) is 8.63. The number of esters is 1. The fraction of sp³-hybridized carbons (Fsp3) is 0.333. The van der Waals surface area contributed by atoms with Crippen LogP contribution in [-0.2, 0) is 9.59 Å². The summed E-state index contributed by atoms with van der Waals surface area (Å²) in [5.74, 6) is -1.00. The molecule has 1 amide bonds. The van der Waals surface area contributed by atoms with Gasteiger partial charge in [0.15, 0.2) is 0 Å². The van der Waals surface area contributed by atoms with Crippen LogP contribution in [0, 0.1) is 39.4 Å². The molecule has 0 radical (unpaired) electrons. The molecule has 1 saturated heterocycles. The first-order chi connectivity index (χ1) is 12.3. The number of rotatable bonds is 3. The number of hydrogen-bond donors (Lipinski definition) is 0. The lowest BCUT2D eigenvalue weighted by atomic mass is 10.0. The number of amides is 1. The average molecular weight is 355 g/mol. The van der Waals surface area contributed by atoms with E-state index in [0.29, 0.717) is 17.0 Å². The van der Waals surface area contributed by atoms with E-state index in [1.165, 1.54) is 11.0 Å². The maximum absolute atomic E-state index is 13.8. The van der Waals surface area contributed by atoms with Crippen molar-refractivity contribution in [1.29, 1.82) is 0 Å². The first kappa shape index (κ1) is 18.1. The minimum Gasteiger partial charge on any atom is -0.426 e. The van der Waals surface area contributed by atoms with Crippen LogP contribution in [0.15, 0.2) is 30.3 Å². The van der Waals surface area contributed by atoms with E-state index in [9.17, 15) is 14.0 Å². The summed E-state index contributed by atoms with van der Waals surface area (Å²) in [6.45, 7) is 7.61. The number of anilines is 1. The van der Waals surface area contributed by atoms with Crippen molar-refractivity contribution in [2.75, 3.05) is 11.4 Å². The molecule has 136 valence electrons. The van der Waals surface area contributed by atoms with Gasteiger partial charge in [-0.3, -0.25) is 9.59 Å². The van der Waals surface area contributed by atoms with Crippen molar-refractivity contribution in [1.82, 2.24) is 0 Å². The standard InChI is InChI=1S/C21H22FNO3/c1-12-5-6-14(3)20(15(12)4)26-21(25)16-9-19(24)23(11-16)17-8-7-13(2)18(22)10-17/h5-8,10,16H,9,11H2,1-4H3. The number of hydrogen-bond acceptors (Lipinski definition) is 3. The molecule has 1 heterocycles. The van der Waals surface area contributed by atoms with Crippen molar-refractivity contribution in [3.63, 3.8) is 0 Å². The molecule has 0 spiro atoms. The van der Waals surface area contributed by atoms with E-state index in [0.717, 1.165) is 16.7 Å². The molecule has 0 N–H and O–H groups in total. The maximum atomic E-state index is 13.8. The van der Waals surface area contributed by atoms with E-state index in [1.807, 2.05) is 32.9 Å². The summed E-state index contributed by atoms with van der Waals surface area (Å²) in [6, 6.07) is 8.54. The Morgan fingerprint density at radius 3 is 2.42 bits per heavy atom. The monoisotopic (exact) mass is 355 g/mol. The van der Waals surface area contributed by atoms with Crippen LogP contribution in [-0.4, -0.2) is 18.4 Å². The SMILES string of the molecule is Cc1ccc(N2CC(C(=O)Oc3c(C)ccc(C)c3C)CC2=O)cc1F. The molecule has 3 rings (SSSR count). The number of carbonyl (C=O) groups is 2. The largest absolute Gasteiger partial charge is 0.426 e. The van der Waals surface area contributed by atoms with Crippen LogP contribution in [0.4, 0.5) is 10.1 Å². The molecule has 1 fully saturated rings. The second kappa shape index (κ2) is 6.90. The van der Waals surface area contributed by atoms with Crippen molar-refractivity contribution in [2.24, 2.45) is 5.92 Å². The van der Waals surface area contributed by atoms with Gasteiger partial charge in [0.2, 0.25) is 5.91 Å². The van der Waals surface area contributed by atoms with E-state index in [2.05, 4.69) is 0 Å². The summed E-state index contributed by atoms with van der Waals surface area (Å²) in [6.07, 6.45) is 0.0677. The van der Waals surface area contributed by atoms with E-state index in [1.54, 1.807) is 19.1 Å². The van der Waals surface area contributed by atoms with Crippen LogP contribution in [0.25, 0.3) is 0 Å². The van der Waals surface area contributed by atoms with Gasteiger partial charge in [0.05, 0.1) is 5.92 Å². The molecule has 0 aliphatic carbocycles. The molecule has 1 aliphatic rings. The molecule has 1 atom stereocenters. The van der Waals surface area contributed by atoms with Gasteiger partial charge in [0, 0.05) is 18.7 Å². The molecule has 26 heavy (non-hydrogen) atoms. The van der Waals surface area contributed by atoms with Crippen LogP contribution < -0.4 is 9.64 Å². The average Bonchev–Trinajstić information content (AvgIpc) is 2.99. The summed E-state index contributed by atoms with van der Waals surface area (Å²) < 4.78 is 19.4. The van der Waals surface area contributed by atoms with Crippen molar-refractivity contribution in [2.45, 2.75) is 34.1 Å². The molecular formula is C21H22FNO3. The highest BCUT2D eigenvalue weighted by atomic mass is 19.1. The van der Waals surface area contributed by atoms with Crippen molar-refractivity contribution in [3.8, 4) is 5.75 Å². The summed E-state index contributed by atoms with van der Waals surface area (Å²) in [5, 5.41) is 0. The zero-order valence-electron chi connectivity index (χ0n) is 15.4. The fourth-order valence-electron chi connectivity index (χ4n) is 3.13. The molecule has 0 saturated carbocycles. The number of benzene rings is 2. The molecular weight excluding hydrogens is 333 g/mol. The molecule has 1 aliphatic heterocycles. The highest BCUT2D eigenvalue weighted by Crippen LogP contribution is 2.30. The minimum atomic E-state index is -0.564. The number of carbonyl (C=O) groups excluding carboxylic acids is 2. The molecule has 4 nitrogen and oxygen atoms in total. The second-order valence-electron chi connectivity index (χ2n) is 6.91. The first-order valence-electron chi connectivity index (χ1n) is 8.63. The topological polar surface area (TPSA) is 46.6 Å². The molecule has 0 bridgehead atoms. The lowest BCUT2D eigenvalue weighted by Crippen LogP contribution is -2.27. The predicted octanol–water partition coefficient (Wildman–Crippen LogP) is 4.02. The van der Waals surface area contributed by atoms with Crippen molar-refractivity contribution in [3.05, 3.63) is 58.4 Å². The molecule has 5 heteroatoms. The van der Waals surface area contributed by atoms with Crippen LogP contribution in [0.3, 0.4) is 0 Å².